The maximum absolute atomic E-state index is 12.6. The molecule has 0 aliphatic carbocycles. The lowest BCUT2D eigenvalue weighted by Gasteiger charge is -2.31. The van der Waals surface area contributed by atoms with E-state index >= 15 is 0 Å². The first kappa shape index (κ1) is 13.8. The number of carbonyl (C=O) groups is 1. The van der Waals surface area contributed by atoms with Crippen molar-refractivity contribution in [1.82, 2.24) is 19.7 Å². The number of halogens is 3. The van der Waals surface area contributed by atoms with Crippen molar-refractivity contribution < 1.29 is 23.1 Å². The molecule has 0 amide bonds. The highest BCUT2D eigenvalue weighted by molar-refractivity contribution is 5.73. The fourth-order valence-electron chi connectivity index (χ4n) is 2.24. The average molecular weight is 278 g/mol. The van der Waals surface area contributed by atoms with Crippen LogP contribution in [-0.4, -0.2) is 43.3 Å². The number of fused-ring (bicyclic) bond motifs is 1. The molecular weight excluding hydrogens is 265 g/mol. The van der Waals surface area contributed by atoms with Gasteiger partial charge in [0.25, 0.3) is 0 Å². The van der Waals surface area contributed by atoms with E-state index in [1.54, 1.807) is 11.8 Å². The molecule has 1 aromatic rings. The molecule has 106 valence electrons. The number of carboxylic acids is 1. The van der Waals surface area contributed by atoms with Crippen molar-refractivity contribution in [3.05, 3.63) is 11.6 Å². The predicted octanol–water partition coefficient (Wildman–Crippen LogP) is 0.976. The molecule has 1 aliphatic heterocycles. The molecule has 0 saturated carbocycles. The summed E-state index contributed by atoms with van der Waals surface area (Å²) in [6, 6.07) is -0.709. The lowest BCUT2D eigenvalue weighted by Crippen LogP contribution is -2.45. The highest BCUT2D eigenvalue weighted by atomic mass is 19.4. The number of hydrogen-bond acceptors (Lipinski definition) is 4. The van der Waals surface area contributed by atoms with Crippen molar-refractivity contribution in [2.24, 2.45) is 0 Å². The van der Waals surface area contributed by atoms with E-state index in [2.05, 4.69) is 10.2 Å². The Balaban J connectivity index is 2.22. The van der Waals surface area contributed by atoms with Crippen LogP contribution in [0.15, 0.2) is 0 Å². The zero-order valence-corrected chi connectivity index (χ0v) is 10.2. The first-order valence-corrected chi connectivity index (χ1v) is 5.80. The molecular formula is C10H13F3N4O2. The van der Waals surface area contributed by atoms with Crippen molar-refractivity contribution in [3.63, 3.8) is 0 Å². The minimum atomic E-state index is -4.54. The zero-order chi connectivity index (χ0) is 14.2. The summed E-state index contributed by atoms with van der Waals surface area (Å²) in [5.74, 6) is -1.85. The minimum Gasteiger partial charge on any atom is -0.480 e. The van der Waals surface area contributed by atoms with Crippen molar-refractivity contribution in [2.75, 3.05) is 6.54 Å². The lowest BCUT2D eigenvalue weighted by molar-refractivity contribution is -0.149. The summed E-state index contributed by atoms with van der Waals surface area (Å²) in [5, 5.41) is 15.7. The molecule has 0 spiro atoms. The molecule has 0 bridgehead atoms. The van der Waals surface area contributed by atoms with Gasteiger partial charge in [0.2, 0.25) is 5.82 Å². The third-order valence-corrected chi connectivity index (χ3v) is 3.15. The van der Waals surface area contributed by atoms with Gasteiger partial charge in [0.15, 0.2) is 0 Å². The van der Waals surface area contributed by atoms with Crippen LogP contribution in [0, 0.1) is 0 Å². The first-order valence-electron chi connectivity index (χ1n) is 5.80. The van der Waals surface area contributed by atoms with Gasteiger partial charge in [-0.1, -0.05) is 6.92 Å². The number of aliphatic carboxylic acids is 1. The van der Waals surface area contributed by atoms with Crippen LogP contribution in [0.3, 0.4) is 0 Å². The minimum absolute atomic E-state index is 0.0426. The highest BCUT2D eigenvalue weighted by Gasteiger charge is 2.40. The monoisotopic (exact) mass is 278 g/mol. The standard InChI is InChI=1S/C10H13F3N4O2/c1-2-6(8(18)19)16-3-4-17-7(5-16)14-15-9(17)10(11,12)13/h6H,2-5H2,1H3,(H,18,19). The number of rotatable bonds is 3. The molecule has 2 rings (SSSR count). The number of nitrogens with zero attached hydrogens (tertiary/aromatic N) is 4. The average Bonchev–Trinajstić information content (AvgIpc) is 2.71. The summed E-state index contributed by atoms with van der Waals surface area (Å²) in [6.07, 6.45) is -4.15. The molecule has 0 radical (unpaired) electrons. The van der Waals surface area contributed by atoms with Crippen molar-refractivity contribution in [2.45, 2.75) is 38.7 Å². The number of carboxylic acid groups (broad SMARTS) is 1. The highest BCUT2D eigenvalue weighted by Crippen LogP contribution is 2.29. The van der Waals surface area contributed by atoms with E-state index in [0.717, 1.165) is 4.57 Å². The Bertz CT molecular complexity index is 486. The quantitative estimate of drug-likeness (QED) is 0.892. The Morgan fingerprint density at radius 1 is 1.42 bits per heavy atom. The van der Waals surface area contributed by atoms with Crippen LogP contribution in [0.2, 0.25) is 0 Å². The summed E-state index contributed by atoms with van der Waals surface area (Å²) >= 11 is 0. The van der Waals surface area contributed by atoms with E-state index in [1.165, 1.54) is 0 Å². The van der Waals surface area contributed by atoms with Gasteiger partial charge in [-0.25, -0.2) is 0 Å². The Morgan fingerprint density at radius 2 is 2.11 bits per heavy atom. The third-order valence-electron chi connectivity index (χ3n) is 3.15. The normalized spacial score (nSPS) is 18.1. The number of alkyl halides is 3. The molecule has 19 heavy (non-hydrogen) atoms. The van der Waals surface area contributed by atoms with Gasteiger partial charge in [-0.2, -0.15) is 13.2 Å². The fraction of sp³-hybridized carbons (Fsp3) is 0.700. The SMILES string of the molecule is CCC(C(=O)O)N1CCn2c(nnc2C(F)(F)F)C1. The molecule has 1 unspecified atom stereocenters. The van der Waals surface area contributed by atoms with Gasteiger partial charge in [0, 0.05) is 13.1 Å². The van der Waals surface area contributed by atoms with E-state index < -0.39 is 24.0 Å². The molecule has 0 fully saturated rings. The Labute approximate surface area is 106 Å². The largest absolute Gasteiger partial charge is 0.480 e. The molecule has 0 saturated heterocycles. The van der Waals surface area contributed by atoms with Gasteiger partial charge in [0.05, 0.1) is 6.54 Å². The van der Waals surface area contributed by atoms with Crippen molar-refractivity contribution in [3.8, 4) is 0 Å². The molecule has 1 aromatic heterocycles. The van der Waals surface area contributed by atoms with E-state index in [4.69, 9.17) is 5.11 Å². The number of hydrogen-bond donors (Lipinski definition) is 1. The van der Waals surface area contributed by atoms with Gasteiger partial charge in [-0.15, -0.1) is 10.2 Å². The van der Waals surface area contributed by atoms with E-state index in [9.17, 15) is 18.0 Å². The molecule has 1 N–H and O–H groups in total. The molecule has 1 atom stereocenters. The second-order valence-corrected chi connectivity index (χ2v) is 4.32. The Hall–Kier alpha value is -1.64. The lowest BCUT2D eigenvalue weighted by atomic mass is 10.1. The summed E-state index contributed by atoms with van der Waals surface area (Å²) in [5.41, 5.74) is 0. The first-order chi connectivity index (χ1) is 8.84. The second-order valence-electron chi connectivity index (χ2n) is 4.32. The van der Waals surface area contributed by atoms with Crippen LogP contribution in [0.5, 0.6) is 0 Å². The summed E-state index contributed by atoms with van der Waals surface area (Å²) < 4.78 is 38.9. The molecule has 2 heterocycles. The topological polar surface area (TPSA) is 71.2 Å². The number of aromatic nitrogens is 3. The van der Waals surface area contributed by atoms with E-state index in [0.29, 0.717) is 6.42 Å². The summed E-state index contributed by atoms with van der Waals surface area (Å²) in [4.78, 5) is 12.6. The van der Waals surface area contributed by atoms with Crippen LogP contribution >= 0.6 is 0 Å². The van der Waals surface area contributed by atoms with Gasteiger partial charge in [0.1, 0.15) is 11.9 Å². The van der Waals surface area contributed by atoms with Gasteiger partial charge in [-0.05, 0) is 6.42 Å². The van der Waals surface area contributed by atoms with Crippen LogP contribution < -0.4 is 0 Å². The smallest absolute Gasteiger partial charge is 0.451 e. The van der Waals surface area contributed by atoms with E-state index in [-0.39, 0.29) is 25.5 Å². The second kappa shape index (κ2) is 4.80. The van der Waals surface area contributed by atoms with Crippen LogP contribution in [0.4, 0.5) is 13.2 Å². The Kier molecular flexibility index (Phi) is 3.48. The fourth-order valence-corrected chi connectivity index (χ4v) is 2.24. The summed E-state index contributed by atoms with van der Waals surface area (Å²) in [7, 11) is 0. The zero-order valence-electron chi connectivity index (χ0n) is 10.2. The van der Waals surface area contributed by atoms with Gasteiger partial charge < -0.3 is 9.67 Å². The van der Waals surface area contributed by atoms with Crippen LogP contribution in [0.1, 0.15) is 25.0 Å². The maximum Gasteiger partial charge on any atom is 0.451 e. The van der Waals surface area contributed by atoms with E-state index in [1.807, 2.05) is 0 Å². The summed E-state index contributed by atoms with van der Waals surface area (Å²) in [6.45, 7) is 2.06. The van der Waals surface area contributed by atoms with Gasteiger partial charge >= 0.3 is 12.1 Å². The van der Waals surface area contributed by atoms with Crippen LogP contribution in [-0.2, 0) is 24.1 Å². The maximum atomic E-state index is 12.6. The third kappa shape index (κ3) is 2.55. The van der Waals surface area contributed by atoms with Crippen LogP contribution in [0.25, 0.3) is 0 Å². The molecule has 1 aliphatic rings. The van der Waals surface area contributed by atoms with Crippen molar-refractivity contribution in [1.29, 1.82) is 0 Å². The molecule has 6 nitrogen and oxygen atoms in total. The molecule has 9 heteroatoms. The predicted molar refractivity (Wildman–Crippen MR) is 57.1 cm³/mol. The Morgan fingerprint density at radius 3 is 2.63 bits per heavy atom. The molecule has 0 aromatic carbocycles. The van der Waals surface area contributed by atoms with Gasteiger partial charge in [-0.3, -0.25) is 9.69 Å². The van der Waals surface area contributed by atoms with Crippen molar-refractivity contribution >= 4 is 5.97 Å².